The maximum atomic E-state index is 6.11. The Morgan fingerprint density at radius 1 is 1.15 bits per heavy atom. The highest BCUT2D eigenvalue weighted by atomic mass is 16.7. The van der Waals surface area contributed by atoms with Crippen molar-refractivity contribution < 1.29 is 9.31 Å². The Morgan fingerprint density at radius 2 is 1.70 bits per heavy atom. The summed E-state index contributed by atoms with van der Waals surface area (Å²) < 4.78 is 14.3. The Labute approximate surface area is 122 Å². The second-order valence-electron chi connectivity index (χ2n) is 7.20. The van der Waals surface area contributed by atoms with Gasteiger partial charge in [-0.05, 0) is 53.0 Å². The minimum Gasteiger partial charge on any atom is -0.398 e. The van der Waals surface area contributed by atoms with E-state index in [4.69, 9.17) is 14.4 Å². The fraction of sp³-hybridized carbons (Fsp3) is 0.800. The molecule has 4 nitrogen and oxygen atoms in total. The van der Waals surface area contributed by atoms with Crippen molar-refractivity contribution in [3.05, 3.63) is 11.8 Å². The zero-order valence-corrected chi connectivity index (χ0v) is 13.3. The molecule has 1 aliphatic heterocycles. The van der Waals surface area contributed by atoms with Crippen molar-refractivity contribution in [3.63, 3.8) is 0 Å². The molecule has 1 saturated carbocycles. The maximum absolute atomic E-state index is 6.11. The van der Waals surface area contributed by atoms with Crippen LogP contribution in [0, 0.1) is 6.92 Å². The normalized spacial score (nSPS) is 25.6. The summed E-state index contributed by atoms with van der Waals surface area (Å²) in [5.74, 6) is 0. The first-order chi connectivity index (χ1) is 9.30. The fourth-order valence-electron chi connectivity index (χ4n) is 3.04. The van der Waals surface area contributed by atoms with E-state index in [9.17, 15) is 0 Å². The number of hydrogen-bond acceptors (Lipinski definition) is 3. The van der Waals surface area contributed by atoms with E-state index in [-0.39, 0.29) is 18.3 Å². The summed E-state index contributed by atoms with van der Waals surface area (Å²) in [6.45, 7) is 10.4. The van der Waals surface area contributed by atoms with Gasteiger partial charge in [-0.1, -0.05) is 12.8 Å². The molecule has 3 rings (SSSR count). The topological polar surface area (TPSA) is 36.3 Å². The molecule has 110 valence electrons. The van der Waals surface area contributed by atoms with Crippen molar-refractivity contribution in [1.82, 2.24) is 9.78 Å². The van der Waals surface area contributed by atoms with E-state index >= 15 is 0 Å². The van der Waals surface area contributed by atoms with Crippen molar-refractivity contribution in [1.29, 1.82) is 0 Å². The molecule has 20 heavy (non-hydrogen) atoms. The second kappa shape index (κ2) is 4.60. The van der Waals surface area contributed by atoms with Crippen LogP contribution in [-0.4, -0.2) is 28.1 Å². The van der Waals surface area contributed by atoms with E-state index in [1.165, 1.54) is 25.7 Å². The van der Waals surface area contributed by atoms with Crippen molar-refractivity contribution in [2.24, 2.45) is 0 Å². The Morgan fingerprint density at radius 3 is 2.25 bits per heavy atom. The van der Waals surface area contributed by atoms with E-state index in [1.54, 1.807) is 0 Å². The van der Waals surface area contributed by atoms with Crippen LogP contribution in [0.4, 0.5) is 0 Å². The summed E-state index contributed by atoms with van der Waals surface area (Å²) in [5.41, 5.74) is 1.49. The van der Waals surface area contributed by atoms with Crippen molar-refractivity contribution in [3.8, 4) is 0 Å². The summed E-state index contributed by atoms with van der Waals surface area (Å²) in [5, 5.41) is 4.77. The van der Waals surface area contributed by atoms with E-state index in [1.807, 2.05) is 0 Å². The van der Waals surface area contributed by atoms with Gasteiger partial charge in [-0.2, -0.15) is 5.10 Å². The molecule has 0 aromatic carbocycles. The zero-order valence-electron chi connectivity index (χ0n) is 13.3. The predicted molar refractivity (Wildman–Crippen MR) is 80.2 cm³/mol. The molecule has 0 unspecified atom stereocenters. The van der Waals surface area contributed by atoms with Crippen molar-refractivity contribution in [2.45, 2.75) is 77.5 Å². The van der Waals surface area contributed by atoms with Gasteiger partial charge in [0.1, 0.15) is 0 Å². The highest BCUT2D eigenvalue weighted by Crippen LogP contribution is 2.36. The predicted octanol–water partition coefficient (Wildman–Crippen LogP) is 2.61. The third-order valence-corrected chi connectivity index (χ3v) is 5.13. The van der Waals surface area contributed by atoms with E-state index in [0.29, 0.717) is 6.04 Å². The third-order valence-electron chi connectivity index (χ3n) is 5.13. The van der Waals surface area contributed by atoms with Crippen LogP contribution in [0.3, 0.4) is 0 Å². The van der Waals surface area contributed by atoms with Crippen LogP contribution in [0.2, 0.25) is 0 Å². The Balaban J connectivity index is 1.85. The highest BCUT2D eigenvalue weighted by molar-refractivity contribution is 6.61. The molecule has 0 amide bonds. The van der Waals surface area contributed by atoms with Gasteiger partial charge in [0.15, 0.2) is 0 Å². The average Bonchev–Trinajstić information content (AvgIpc) is 2.98. The van der Waals surface area contributed by atoms with Gasteiger partial charge in [0.2, 0.25) is 0 Å². The number of rotatable bonds is 2. The summed E-state index contributed by atoms with van der Waals surface area (Å²) in [6.07, 6.45) is 7.26. The maximum Gasteiger partial charge on any atom is 0.516 e. The molecule has 5 heteroatoms. The lowest BCUT2D eigenvalue weighted by atomic mass is 9.82. The van der Waals surface area contributed by atoms with Crippen molar-refractivity contribution >= 4 is 12.7 Å². The molecule has 1 aromatic rings. The molecule has 2 heterocycles. The lowest BCUT2D eigenvalue weighted by Gasteiger charge is -2.32. The van der Waals surface area contributed by atoms with Crippen LogP contribution in [0.1, 0.15) is 65.0 Å². The van der Waals surface area contributed by atoms with Gasteiger partial charge < -0.3 is 9.31 Å². The van der Waals surface area contributed by atoms with Gasteiger partial charge in [0, 0.05) is 6.20 Å². The second-order valence-corrected chi connectivity index (χ2v) is 7.20. The number of hydrogen-bond donors (Lipinski definition) is 0. The first-order valence-corrected chi connectivity index (χ1v) is 7.71. The Hall–Kier alpha value is -0.805. The van der Waals surface area contributed by atoms with Gasteiger partial charge in [-0.15, -0.1) is 0 Å². The largest absolute Gasteiger partial charge is 0.516 e. The molecular weight excluding hydrogens is 251 g/mol. The van der Waals surface area contributed by atoms with Gasteiger partial charge in [-0.25, -0.2) is 0 Å². The van der Waals surface area contributed by atoms with Crippen LogP contribution in [-0.2, 0) is 9.31 Å². The molecule has 1 aliphatic carbocycles. The summed E-state index contributed by atoms with van der Waals surface area (Å²) >= 11 is 0. The molecule has 2 fully saturated rings. The molecule has 1 saturated heterocycles. The van der Waals surface area contributed by atoms with Gasteiger partial charge in [0.05, 0.1) is 22.8 Å². The molecule has 0 spiro atoms. The Kier molecular flexibility index (Phi) is 3.25. The standard InChI is InChI=1S/C15H25BN2O2/c1-11-10-18(12-8-6-7-9-12)17-13(11)16-19-14(2,3)15(4,5)20-16/h10,12H,6-9H2,1-5H3. The number of aryl methyl sites for hydroxylation is 1. The molecule has 0 N–H and O–H groups in total. The third kappa shape index (κ3) is 2.21. The van der Waals surface area contributed by atoms with E-state index in [2.05, 4.69) is 45.5 Å². The first-order valence-electron chi connectivity index (χ1n) is 7.71. The minimum absolute atomic E-state index is 0.304. The zero-order chi connectivity index (χ0) is 14.5. The molecule has 0 radical (unpaired) electrons. The minimum atomic E-state index is -0.345. The average molecular weight is 276 g/mol. The summed E-state index contributed by atoms with van der Waals surface area (Å²) in [7, 11) is -0.345. The smallest absolute Gasteiger partial charge is 0.398 e. The van der Waals surface area contributed by atoms with Crippen molar-refractivity contribution in [2.75, 3.05) is 0 Å². The molecule has 0 bridgehead atoms. The van der Waals surface area contributed by atoms with Crippen LogP contribution < -0.4 is 5.59 Å². The SMILES string of the molecule is Cc1cn(C2CCCC2)nc1B1OC(C)(C)C(C)(C)O1. The van der Waals surface area contributed by atoms with Crippen LogP contribution in [0.15, 0.2) is 6.20 Å². The molecule has 1 aromatic heterocycles. The van der Waals surface area contributed by atoms with E-state index < -0.39 is 0 Å². The van der Waals surface area contributed by atoms with Gasteiger partial charge in [0.25, 0.3) is 0 Å². The summed E-state index contributed by atoms with van der Waals surface area (Å²) in [4.78, 5) is 0. The lowest BCUT2D eigenvalue weighted by molar-refractivity contribution is 0.00578. The van der Waals surface area contributed by atoms with Crippen LogP contribution in [0.5, 0.6) is 0 Å². The van der Waals surface area contributed by atoms with Gasteiger partial charge >= 0.3 is 7.12 Å². The number of aromatic nitrogens is 2. The quantitative estimate of drug-likeness (QED) is 0.779. The molecule has 0 atom stereocenters. The Bertz CT molecular complexity index is 488. The monoisotopic (exact) mass is 276 g/mol. The molecule has 2 aliphatic rings. The molecular formula is C15H25BN2O2. The van der Waals surface area contributed by atoms with Crippen LogP contribution in [0.25, 0.3) is 0 Å². The fourth-order valence-corrected chi connectivity index (χ4v) is 3.04. The summed E-state index contributed by atoms with van der Waals surface area (Å²) in [6, 6.07) is 0.560. The number of nitrogens with zero attached hydrogens (tertiary/aromatic N) is 2. The lowest BCUT2D eigenvalue weighted by Crippen LogP contribution is -2.41. The highest BCUT2D eigenvalue weighted by Gasteiger charge is 2.53. The first kappa shape index (κ1) is 14.1. The van der Waals surface area contributed by atoms with E-state index in [0.717, 1.165) is 11.2 Å². The van der Waals surface area contributed by atoms with Gasteiger partial charge in [-0.3, -0.25) is 4.68 Å². The van der Waals surface area contributed by atoms with Crippen LogP contribution >= 0.6 is 0 Å².